The summed E-state index contributed by atoms with van der Waals surface area (Å²) in [5.74, 6) is 0.457. The molecular formula is C16H22FN3O. The van der Waals surface area contributed by atoms with Crippen LogP contribution in [0, 0.1) is 5.82 Å². The van der Waals surface area contributed by atoms with Crippen LogP contribution in [-0.2, 0) is 6.54 Å². The van der Waals surface area contributed by atoms with Crippen molar-refractivity contribution in [1.82, 2.24) is 15.1 Å². The maximum Gasteiger partial charge on any atom is 0.167 e. The maximum atomic E-state index is 14.0. The van der Waals surface area contributed by atoms with Gasteiger partial charge < -0.3 is 10.1 Å². The number of aromatic nitrogens is 2. The molecule has 114 valence electrons. The summed E-state index contributed by atoms with van der Waals surface area (Å²) in [6, 6.07) is 5.22. The van der Waals surface area contributed by atoms with Crippen molar-refractivity contribution in [2.75, 3.05) is 6.54 Å². The number of hydrogen-bond acceptors (Lipinski definition) is 3. The van der Waals surface area contributed by atoms with E-state index in [1.54, 1.807) is 23.1 Å². The van der Waals surface area contributed by atoms with Crippen LogP contribution in [0.5, 0.6) is 11.5 Å². The van der Waals surface area contributed by atoms with Gasteiger partial charge in [0.1, 0.15) is 0 Å². The van der Waals surface area contributed by atoms with Gasteiger partial charge >= 0.3 is 0 Å². The van der Waals surface area contributed by atoms with Crippen molar-refractivity contribution in [1.29, 1.82) is 0 Å². The molecule has 1 aromatic carbocycles. The Morgan fingerprint density at radius 3 is 2.86 bits per heavy atom. The Kier molecular flexibility index (Phi) is 5.33. The molecule has 4 nitrogen and oxygen atoms in total. The fourth-order valence-corrected chi connectivity index (χ4v) is 1.98. The fraction of sp³-hybridized carbons (Fsp3) is 0.438. The van der Waals surface area contributed by atoms with Gasteiger partial charge in [-0.05, 0) is 32.9 Å². The van der Waals surface area contributed by atoms with Crippen LogP contribution in [0.1, 0.15) is 38.8 Å². The molecule has 0 amide bonds. The van der Waals surface area contributed by atoms with Crippen LogP contribution in [0.3, 0.4) is 0 Å². The van der Waals surface area contributed by atoms with E-state index in [0.717, 1.165) is 18.5 Å². The van der Waals surface area contributed by atoms with Crippen LogP contribution < -0.4 is 10.1 Å². The van der Waals surface area contributed by atoms with Crippen LogP contribution in [0.4, 0.5) is 4.39 Å². The smallest absolute Gasteiger partial charge is 0.167 e. The van der Waals surface area contributed by atoms with Gasteiger partial charge in [0.2, 0.25) is 0 Å². The summed E-state index contributed by atoms with van der Waals surface area (Å²) in [6.45, 7) is 7.62. The molecule has 0 bridgehead atoms. The zero-order valence-electron chi connectivity index (χ0n) is 12.8. The third-order valence-corrected chi connectivity index (χ3v) is 3.12. The highest BCUT2D eigenvalue weighted by Gasteiger charge is 2.12. The molecule has 0 saturated heterocycles. The summed E-state index contributed by atoms with van der Waals surface area (Å²) in [5.41, 5.74) is 0.806. The van der Waals surface area contributed by atoms with Gasteiger partial charge in [-0.15, -0.1) is 0 Å². The molecular weight excluding hydrogens is 269 g/mol. The molecule has 2 aromatic rings. The Labute approximate surface area is 124 Å². The molecule has 0 atom stereocenters. The lowest BCUT2D eigenvalue weighted by Crippen LogP contribution is -2.14. The number of rotatable bonds is 7. The molecule has 21 heavy (non-hydrogen) atoms. The van der Waals surface area contributed by atoms with Crippen molar-refractivity contribution < 1.29 is 9.13 Å². The van der Waals surface area contributed by atoms with Gasteiger partial charge in [-0.2, -0.15) is 5.10 Å². The average molecular weight is 291 g/mol. The first kappa shape index (κ1) is 15.5. The van der Waals surface area contributed by atoms with Crippen molar-refractivity contribution in [3.05, 3.63) is 42.0 Å². The summed E-state index contributed by atoms with van der Waals surface area (Å²) in [5, 5.41) is 7.46. The Morgan fingerprint density at radius 1 is 1.38 bits per heavy atom. The predicted octanol–water partition coefficient (Wildman–Crippen LogP) is 3.90. The second-order valence-electron chi connectivity index (χ2n) is 5.26. The summed E-state index contributed by atoms with van der Waals surface area (Å²) >= 11 is 0. The highest BCUT2D eigenvalue weighted by molar-refractivity contribution is 5.38. The van der Waals surface area contributed by atoms with E-state index in [9.17, 15) is 4.39 Å². The van der Waals surface area contributed by atoms with E-state index in [2.05, 4.69) is 17.3 Å². The minimum absolute atomic E-state index is 0.244. The Morgan fingerprint density at radius 2 is 2.19 bits per heavy atom. The quantitative estimate of drug-likeness (QED) is 0.786. The van der Waals surface area contributed by atoms with Gasteiger partial charge in [0.15, 0.2) is 17.3 Å². The van der Waals surface area contributed by atoms with Crippen LogP contribution in [0.2, 0.25) is 0 Å². The first-order chi connectivity index (χ1) is 10.1. The lowest BCUT2D eigenvalue weighted by Gasteiger charge is -2.11. The monoisotopic (exact) mass is 291 g/mol. The number of nitrogens with zero attached hydrogens (tertiary/aromatic N) is 2. The topological polar surface area (TPSA) is 39.1 Å². The minimum atomic E-state index is -0.358. The van der Waals surface area contributed by atoms with Crippen LogP contribution in [0.15, 0.2) is 30.6 Å². The predicted molar refractivity (Wildman–Crippen MR) is 81.1 cm³/mol. The van der Waals surface area contributed by atoms with Crippen LogP contribution in [-0.4, -0.2) is 16.3 Å². The molecule has 0 radical (unpaired) electrons. The molecule has 0 aliphatic rings. The number of benzene rings is 1. The van der Waals surface area contributed by atoms with E-state index in [4.69, 9.17) is 4.74 Å². The van der Waals surface area contributed by atoms with E-state index in [0.29, 0.717) is 12.3 Å². The van der Waals surface area contributed by atoms with Gasteiger partial charge in [0.25, 0.3) is 0 Å². The summed E-state index contributed by atoms with van der Waals surface area (Å²) < 4.78 is 21.5. The summed E-state index contributed by atoms with van der Waals surface area (Å²) in [4.78, 5) is 0. The number of halogens is 1. The number of hydrogen-bond donors (Lipinski definition) is 1. The molecule has 0 saturated carbocycles. The SMILES string of the molecule is CCCNCc1cccc(F)c1Oc1cnn(C(C)C)c1. The van der Waals surface area contributed by atoms with Crippen LogP contribution >= 0.6 is 0 Å². The lowest BCUT2D eigenvalue weighted by atomic mass is 10.2. The van der Waals surface area contributed by atoms with E-state index in [-0.39, 0.29) is 17.6 Å². The van der Waals surface area contributed by atoms with Crippen molar-refractivity contribution in [2.45, 2.75) is 39.8 Å². The number of ether oxygens (including phenoxy) is 1. The minimum Gasteiger partial charge on any atom is -0.451 e. The van der Waals surface area contributed by atoms with E-state index < -0.39 is 0 Å². The second kappa shape index (κ2) is 7.22. The normalized spacial score (nSPS) is 11.1. The molecule has 0 aliphatic carbocycles. The highest BCUT2D eigenvalue weighted by Crippen LogP contribution is 2.28. The zero-order chi connectivity index (χ0) is 15.2. The van der Waals surface area contributed by atoms with E-state index >= 15 is 0 Å². The Hall–Kier alpha value is -1.88. The Balaban J connectivity index is 2.17. The average Bonchev–Trinajstić information content (AvgIpc) is 2.91. The first-order valence-electron chi connectivity index (χ1n) is 7.32. The lowest BCUT2D eigenvalue weighted by molar-refractivity contribution is 0.431. The van der Waals surface area contributed by atoms with Gasteiger partial charge in [0.05, 0.1) is 12.4 Å². The standard InChI is InChI=1S/C16H22FN3O/c1-4-8-18-9-13-6-5-7-15(17)16(13)21-14-10-19-20(11-14)12(2)3/h5-7,10-12,18H,4,8-9H2,1-3H3. The molecule has 5 heteroatoms. The molecule has 1 heterocycles. The van der Waals surface area contributed by atoms with Crippen molar-refractivity contribution in [3.63, 3.8) is 0 Å². The van der Waals surface area contributed by atoms with Crippen molar-refractivity contribution in [2.24, 2.45) is 0 Å². The molecule has 0 spiro atoms. The van der Waals surface area contributed by atoms with E-state index in [1.165, 1.54) is 6.07 Å². The first-order valence-corrected chi connectivity index (χ1v) is 7.32. The highest BCUT2D eigenvalue weighted by atomic mass is 19.1. The van der Waals surface area contributed by atoms with Crippen molar-refractivity contribution >= 4 is 0 Å². The summed E-state index contributed by atoms with van der Waals surface area (Å²) in [6.07, 6.45) is 4.42. The largest absolute Gasteiger partial charge is 0.451 e. The molecule has 1 N–H and O–H groups in total. The van der Waals surface area contributed by atoms with Gasteiger partial charge in [-0.1, -0.05) is 19.1 Å². The van der Waals surface area contributed by atoms with Crippen LogP contribution in [0.25, 0.3) is 0 Å². The zero-order valence-corrected chi connectivity index (χ0v) is 12.8. The molecule has 0 unspecified atom stereocenters. The number of para-hydroxylation sites is 1. The fourth-order valence-electron chi connectivity index (χ4n) is 1.98. The number of nitrogens with one attached hydrogen (secondary N) is 1. The van der Waals surface area contributed by atoms with Crippen molar-refractivity contribution in [3.8, 4) is 11.5 Å². The van der Waals surface area contributed by atoms with Gasteiger partial charge in [0, 0.05) is 18.2 Å². The summed E-state index contributed by atoms with van der Waals surface area (Å²) in [7, 11) is 0. The Bertz CT molecular complexity index is 581. The molecule has 1 aromatic heterocycles. The maximum absolute atomic E-state index is 14.0. The second-order valence-corrected chi connectivity index (χ2v) is 5.26. The van der Waals surface area contributed by atoms with Gasteiger partial charge in [-0.3, -0.25) is 4.68 Å². The third kappa shape index (κ3) is 4.04. The molecule has 2 rings (SSSR count). The molecule has 0 fully saturated rings. The van der Waals surface area contributed by atoms with E-state index in [1.807, 2.05) is 19.9 Å². The molecule has 0 aliphatic heterocycles. The third-order valence-electron chi connectivity index (χ3n) is 3.12. The van der Waals surface area contributed by atoms with Gasteiger partial charge in [-0.25, -0.2) is 4.39 Å².